The molecule has 2 N–H and O–H groups in total. The molecule has 0 aromatic heterocycles. The van der Waals surface area contributed by atoms with Crippen LogP contribution in [-0.2, 0) is 9.59 Å². The van der Waals surface area contributed by atoms with Crippen molar-refractivity contribution in [3.8, 4) is 0 Å². The molecule has 1 saturated heterocycles. The Morgan fingerprint density at radius 2 is 1.46 bits per heavy atom. The van der Waals surface area contributed by atoms with Gasteiger partial charge in [-0.3, -0.25) is 14.4 Å². The lowest BCUT2D eigenvalue weighted by Crippen LogP contribution is -2.29. The first-order valence-corrected chi connectivity index (χ1v) is 8.61. The van der Waals surface area contributed by atoms with Crippen molar-refractivity contribution in [2.75, 3.05) is 28.6 Å². The molecule has 0 saturated carbocycles. The van der Waals surface area contributed by atoms with E-state index in [-0.39, 0.29) is 5.78 Å². The summed E-state index contributed by atoms with van der Waals surface area (Å²) in [6, 6.07) is 13.9. The zero-order valence-electron chi connectivity index (χ0n) is 14.6. The minimum absolute atomic E-state index is 0.108. The van der Waals surface area contributed by atoms with Crippen LogP contribution in [0.2, 0.25) is 0 Å². The van der Waals surface area contributed by atoms with Gasteiger partial charge < -0.3 is 15.5 Å². The normalized spacial score (nSPS) is 13.3. The van der Waals surface area contributed by atoms with E-state index in [9.17, 15) is 14.4 Å². The van der Waals surface area contributed by atoms with Crippen molar-refractivity contribution in [3.05, 3.63) is 54.1 Å². The van der Waals surface area contributed by atoms with Gasteiger partial charge in [-0.1, -0.05) is 12.1 Å². The van der Waals surface area contributed by atoms with Gasteiger partial charge in [-0.05, 0) is 56.2 Å². The molecule has 0 atom stereocenters. The van der Waals surface area contributed by atoms with Crippen LogP contribution in [-0.4, -0.2) is 30.7 Å². The third-order valence-electron chi connectivity index (χ3n) is 4.33. The molecule has 26 heavy (non-hydrogen) atoms. The number of nitrogens with one attached hydrogen (secondary N) is 2. The number of ketones is 1. The number of benzene rings is 2. The zero-order chi connectivity index (χ0) is 18.5. The Labute approximate surface area is 152 Å². The van der Waals surface area contributed by atoms with Gasteiger partial charge in [0, 0.05) is 35.7 Å². The van der Waals surface area contributed by atoms with Gasteiger partial charge in [-0.15, -0.1) is 0 Å². The van der Waals surface area contributed by atoms with E-state index in [0.717, 1.165) is 18.8 Å². The third kappa shape index (κ3) is 4.27. The molecule has 1 heterocycles. The highest BCUT2D eigenvalue weighted by Gasteiger charge is 2.16. The lowest BCUT2D eigenvalue weighted by Gasteiger charge is -2.17. The lowest BCUT2D eigenvalue weighted by molar-refractivity contribution is -0.132. The summed E-state index contributed by atoms with van der Waals surface area (Å²) in [5.74, 6) is -1.65. The zero-order valence-corrected chi connectivity index (χ0v) is 14.6. The Balaban J connectivity index is 1.59. The van der Waals surface area contributed by atoms with Gasteiger partial charge in [0.2, 0.25) is 0 Å². The topological polar surface area (TPSA) is 78.5 Å². The maximum Gasteiger partial charge on any atom is 0.314 e. The SMILES string of the molecule is CC(=O)c1cccc(NC(=O)C(=O)Nc2ccc(N3CCCC3)cc2)c1. The van der Waals surface area contributed by atoms with Crippen LogP contribution >= 0.6 is 0 Å². The molecule has 6 heteroatoms. The molecule has 3 rings (SSSR count). The Morgan fingerprint density at radius 1 is 0.846 bits per heavy atom. The van der Waals surface area contributed by atoms with Crippen molar-refractivity contribution < 1.29 is 14.4 Å². The van der Waals surface area contributed by atoms with Crippen molar-refractivity contribution in [1.29, 1.82) is 0 Å². The molecule has 1 fully saturated rings. The van der Waals surface area contributed by atoms with E-state index in [4.69, 9.17) is 0 Å². The molecule has 0 radical (unpaired) electrons. The van der Waals surface area contributed by atoms with Crippen molar-refractivity contribution in [2.45, 2.75) is 19.8 Å². The standard InChI is InChI=1S/C20H21N3O3/c1-14(24)15-5-4-6-17(13-15)22-20(26)19(25)21-16-7-9-18(10-8-16)23-11-2-3-12-23/h4-10,13H,2-3,11-12H2,1H3,(H,21,25)(H,22,26). The summed E-state index contributed by atoms with van der Waals surface area (Å²) in [7, 11) is 0. The van der Waals surface area contributed by atoms with E-state index >= 15 is 0 Å². The summed E-state index contributed by atoms with van der Waals surface area (Å²) in [5, 5.41) is 5.08. The minimum Gasteiger partial charge on any atom is -0.372 e. The predicted molar refractivity (Wildman–Crippen MR) is 102 cm³/mol. The van der Waals surface area contributed by atoms with Crippen molar-refractivity contribution >= 4 is 34.7 Å². The highest BCUT2D eigenvalue weighted by atomic mass is 16.2. The number of amides is 2. The van der Waals surface area contributed by atoms with E-state index < -0.39 is 11.8 Å². The largest absolute Gasteiger partial charge is 0.372 e. The molecular weight excluding hydrogens is 330 g/mol. The summed E-state index contributed by atoms with van der Waals surface area (Å²) in [6.07, 6.45) is 2.40. The van der Waals surface area contributed by atoms with Gasteiger partial charge in [-0.2, -0.15) is 0 Å². The molecule has 2 amide bonds. The molecule has 6 nitrogen and oxygen atoms in total. The molecule has 2 aromatic rings. The summed E-state index contributed by atoms with van der Waals surface area (Å²) < 4.78 is 0. The van der Waals surface area contributed by atoms with Gasteiger partial charge in [0.15, 0.2) is 5.78 Å². The number of rotatable bonds is 4. The molecule has 1 aliphatic rings. The quantitative estimate of drug-likeness (QED) is 0.655. The van der Waals surface area contributed by atoms with Crippen molar-refractivity contribution in [3.63, 3.8) is 0 Å². The van der Waals surface area contributed by atoms with Gasteiger partial charge in [-0.25, -0.2) is 0 Å². The third-order valence-corrected chi connectivity index (χ3v) is 4.33. The second kappa shape index (κ2) is 7.82. The Kier molecular flexibility index (Phi) is 5.31. The van der Waals surface area contributed by atoms with Crippen LogP contribution in [0.5, 0.6) is 0 Å². The van der Waals surface area contributed by atoms with E-state index in [0.29, 0.717) is 16.9 Å². The first-order valence-electron chi connectivity index (χ1n) is 8.61. The molecule has 1 aliphatic heterocycles. The van der Waals surface area contributed by atoms with Crippen LogP contribution in [0.15, 0.2) is 48.5 Å². The van der Waals surface area contributed by atoms with Crippen LogP contribution < -0.4 is 15.5 Å². The predicted octanol–water partition coefficient (Wildman–Crippen LogP) is 3.07. The van der Waals surface area contributed by atoms with Gasteiger partial charge in [0.05, 0.1) is 0 Å². The molecule has 0 spiro atoms. The van der Waals surface area contributed by atoms with E-state index in [1.807, 2.05) is 12.1 Å². The number of nitrogens with zero attached hydrogens (tertiary/aromatic N) is 1. The first kappa shape index (κ1) is 17.7. The first-order chi connectivity index (χ1) is 12.5. The smallest absolute Gasteiger partial charge is 0.314 e. The Morgan fingerprint density at radius 3 is 2.08 bits per heavy atom. The second-order valence-electron chi connectivity index (χ2n) is 6.29. The fraction of sp³-hybridized carbons (Fsp3) is 0.250. The molecule has 134 valence electrons. The molecular formula is C20H21N3O3. The molecule has 0 bridgehead atoms. The second-order valence-corrected chi connectivity index (χ2v) is 6.29. The van der Waals surface area contributed by atoms with Gasteiger partial charge in [0.1, 0.15) is 0 Å². The van der Waals surface area contributed by atoms with Crippen molar-refractivity contribution in [2.24, 2.45) is 0 Å². The average Bonchev–Trinajstić information content (AvgIpc) is 3.17. The number of carbonyl (C=O) groups is 3. The molecule has 0 aliphatic carbocycles. The maximum atomic E-state index is 12.1. The maximum absolute atomic E-state index is 12.1. The van der Waals surface area contributed by atoms with Gasteiger partial charge in [0.25, 0.3) is 0 Å². The van der Waals surface area contributed by atoms with Crippen LogP contribution in [0, 0.1) is 0 Å². The summed E-state index contributed by atoms with van der Waals surface area (Å²) in [4.78, 5) is 37.8. The van der Waals surface area contributed by atoms with Crippen molar-refractivity contribution in [1.82, 2.24) is 0 Å². The summed E-state index contributed by atoms with van der Waals surface area (Å²) in [5.41, 5.74) is 2.56. The fourth-order valence-corrected chi connectivity index (χ4v) is 2.92. The Hall–Kier alpha value is -3.15. The monoisotopic (exact) mass is 351 g/mol. The average molecular weight is 351 g/mol. The van der Waals surface area contributed by atoms with Crippen LogP contribution in [0.1, 0.15) is 30.1 Å². The number of hydrogen-bond donors (Lipinski definition) is 2. The van der Waals surface area contributed by atoms with Crippen LogP contribution in [0.4, 0.5) is 17.1 Å². The van der Waals surface area contributed by atoms with E-state index in [2.05, 4.69) is 15.5 Å². The van der Waals surface area contributed by atoms with Crippen LogP contribution in [0.25, 0.3) is 0 Å². The molecule has 0 unspecified atom stereocenters. The highest BCUT2D eigenvalue weighted by molar-refractivity contribution is 6.43. The Bertz CT molecular complexity index is 824. The minimum atomic E-state index is -0.783. The number of Topliss-reactive ketones (excluding diaryl/α,β-unsaturated/α-hetero) is 1. The van der Waals surface area contributed by atoms with Crippen LogP contribution in [0.3, 0.4) is 0 Å². The molecule has 2 aromatic carbocycles. The van der Waals surface area contributed by atoms with E-state index in [1.165, 1.54) is 19.8 Å². The van der Waals surface area contributed by atoms with E-state index in [1.54, 1.807) is 36.4 Å². The number of hydrogen-bond acceptors (Lipinski definition) is 4. The lowest BCUT2D eigenvalue weighted by atomic mass is 10.1. The summed E-state index contributed by atoms with van der Waals surface area (Å²) >= 11 is 0. The summed E-state index contributed by atoms with van der Waals surface area (Å²) in [6.45, 7) is 3.54. The number of carbonyl (C=O) groups excluding carboxylic acids is 3. The van der Waals surface area contributed by atoms with Gasteiger partial charge >= 0.3 is 11.8 Å². The fourth-order valence-electron chi connectivity index (χ4n) is 2.92. The highest BCUT2D eigenvalue weighted by Crippen LogP contribution is 2.22. The number of anilines is 3.